The SMILES string of the molecule is COc1ccc(C(=O)N2CC3C(CN(C)C)C3C2)c(OCCN)c1. The maximum atomic E-state index is 12.9. The average molecular weight is 333 g/mol. The number of piperidine rings is 1. The normalized spacial score (nSPS) is 24.9. The number of rotatable bonds is 7. The Kier molecular flexibility index (Phi) is 4.96. The van der Waals surface area contributed by atoms with Gasteiger partial charge in [0.05, 0.1) is 12.7 Å². The first kappa shape index (κ1) is 17.0. The third-order valence-electron chi connectivity index (χ3n) is 5.03. The lowest BCUT2D eigenvalue weighted by atomic mass is 10.1. The predicted molar refractivity (Wildman–Crippen MR) is 92.5 cm³/mol. The largest absolute Gasteiger partial charge is 0.497 e. The number of fused-ring (bicyclic) bond motifs is 1. The number of hydrogen-bond donors (Lipinski definition) is 1. The van der Waals surface area contributed by atoms with Crippen molar-refractivity contribution < 1.29 is 14.3 Å². The van der Waals surface area contributed by atoms with E-state index in [0.717, 1.165) is 25.6 Å². The summed E-state index contributed by atoms with van der Waals surface area (Å²) in [6, 6.07) is 5.34. The Hall–Kier alpha value is -1.79. The quantitative estimate of drug-likeness (QED) is 0.803. The van der Waals surface area contributed by atoms with Crippen molar-refractivity contribution >= 4 is 5.91 Å². The summed E-state index contributed by atoms with van der Waals surface area (Å²) >= 11 is 0. The van der Waals surface area contributed by atoms with Crippen LogP contribution in [0.15, 0.2) is 18.2 Å². The monoisotopic (exact) mass is 333 g/mol. The van der Waals surface area contributed by atoms with Gasteiger partial charge < -0.3 is 25.0 Å². The Balaban J connectivity index is 1.68. The molecule has 1 saturated carbocycles. The first-order valence-corrected chi connectivity index (χ1v) is 8.50. The van der Waals surface area contributed by atoms with E-state index in [-0.39, 0.29) is 5.91 Å². The summed E-state index contributed by atoms with van der Waals surface area (Å²) in [5.74, 6) is 3.32. The van der Waals surface area contributed by atoms with Crippen molar-refractivity contribution in [3.05, 3.63) is 23.8 Å². The van der Waals surface area contributed by atoms with Gasteiger partial charge in [-0.25, -0.2) is 0 Å². The van der Waals surface area contributed by atoms with Gasteiger partial charge in [-0.3, -0.25) is 4.79 Å². The van der Waals surface area contributed by atoms with E-state index >= 15 is 0 Å². The molecule has 6 heteroatoms. The molecule has 24 heavy (non-hydrogen) atoms. The van der Waals surface area contributed by atoms with Gasteiger partial charge in [0.2, 0.25) is 0 Å². The summed E-state index contributed by atoms with van der Waals surface area (Å²) in [6.07, 6.45) is 0. The van der Waals surface area contributed by atoms with Gasteiger partial charge in [0.15, 0.2) is 0 Å². The van der Waals surface area contributed by atoms with Crippen LogP contribution in [0.1, 0.15) is 10.4 Å². The van der Waals surface area contributed by atoms with E-state index in [1.165, 1.54) is 0 Å². The molecule has 2 aliphatic rings. The lowest BCUT2D eigenvalue weighted by molar-refractivity contribution is 0.0761. The molecular formula is C18H27N3O3. The highest BCUT2D eigenvalue weighted by Crippen LogP contribution is 2.52. The van der Waals surface area contributed by atoms with Gasteiger partial charge in [0, 0.05) is 32.2 Å². The van der Waals surface area contributed by atoms with E-state index < -0.39 is 0 Å². The van der Waals surface area contributed by atoms with E-state index in [4.69, 9.17) is 15.2 Å². The molecule has 2 unspecified atom stereocenters. The van der Waals surface area contributed by atoms with Gasteiger partial charge in [0.25, 0.3) is 5.91 Å². The molecule has 2 fully saturated rings. The van der Waals surface area contributed by atoms with Crippen LogP contribution in [-0.2, 0) is 0 Å². The zero-order valence-corrected chi connectivity index (χ0v) is 14.7. The summed E-state index contributed by atoms with van der Waals surface area (Å²) in [6.45, 7) is 3.61. The number of nitrogens with two attached hydrogens (primary N) is 1. The smallest absolute Gasteiger partial charge is 0.257 e. The minimum Gasteiger partial charge on any atom is -0.497 e. The fourth-order valence-electron chi connectivity index (χ4n) is 3.77. The van der Waals surface area contributed by atoms with Crippen molar-refractivity contribution in [3.63, 3.8) is 0 Å². The van der Waals surface area contributed by atoms with Crippen LogP contribution >= 0.6 is 0 Å². The second-order valence-electron chi connectivity index (χ2n) is 6.96. The molecule has 1 aromatic rings. The van der Waals surface area contributed by atoms with Gasteiger partial charge in [-0.15, -0.1) is 0 Å². The number of likely N-dealkylation sites (tertiary alicyclic amines) is 1. The highest BCUT2D eigenvalue weighted by atomic mass is 16.5. The molecule has 132 valence electrons. The van der Waals surface area contributed by atoms with Crippen molar-refractivity contribution in [2.75, 3.05) is 54.0 Å². The van der Waals surface area contributed by atoms with Crippen LogP contribution in [-0.4, -0.2) is 69.7 Å². The molecule has 0 bridgehead atoms. The van der Waals surface area contributed by atoms with Gasteiger partial charge in [-0.1, -0.05) is 0 Å². The summed E-state index contributed by atoms with van der Waals surface area (Å²) in [5.41, 5.74) is 6.11. The first-order valence-electron chi connectivity index (χ1n) is 8.50. The molecule has 6 nitrogen and oxygen atoms in total. The number of hydrogen-bond acceptors (Lipinski definition) is 5. The molecule has 0 spiro atoms. The van der Waals surface area contributed by atoms with E-state index in [9.17, 15) is 4.79 Å². The van der Waals surface area contributed by atoms with Crippen LogP contribution in [0.2, 0.25) is 0 Å². The topological polar surface area (TPSA) is 68.0 Å². The van der Waals surface area contributed by atoms with Crippen LogP contribution in [0.5, 0.6) is 11.5 Å². The second kappa shape index (κ2) is 6.99. The molecule has 1 amide bonds. The van der Waals surface area contributed by atoms with Crippen LogP contribution in [0, 0.1) is 17.8 Å². The fraction of sp³-hybridized carbons (Fsp3) is 0.611. The van der Waals surface area contributed by atoms with E-state index in [1.807, 2.05) is 4.90 Å². The minimum atomic E-state index is 0.0421. The van der Waals surface area contributed by atoms with E-state index in [1.54, 1.807) is 25.3 Å². The van der Waals surface area contributed by atoms with E-state index in [2.05, 4.69) is 19.0 Å². The van der Waals surface area contributed by atoms with Crippen LogP contribution < -0.4 is 15.2 Å². The Morgan fingerprint density at radius 2 is 2.04 bits per heavy atom. The lowest BCUT2D eigenvalue weighted by Gasteiger charge is -2.22. The Morgan fingerprint density at radius 1 is 1.33 bits per heavy atom. The Morgan fingerprint density at radius 3 is 2.62 bits per heavy atom. The molecule has 2 N–H and O–H groups in total. The summed E-state index contributed by atoms with van der Waals surface area (Å²) < 4.78 is 10.9. The van der Waals surface area contributed by atoms with Gasteiger partial charge >= 0.3 is 0 Å². The molecule has 1 aromatic carbocycles. The second-order valence-corrected chi connectivity index (χ2v) is 6.96. The summed E-state index contributed by atoms with van der Waals surface area (Å²) in [4.78, 5) is 17.1. The zero-order chi connectivity index (χ0) is 17.3. The van der Waals surface area contributed by atoms with Gasteiger partial charge in [-0.05, 0) is 44.0 Å². The molecule has 1 heterocycles. The lowest BCUT2D eigenvalue weighted by Crippen LogP contribution is -2.33. The third-order valence-corrected chi connectivity index (χ3v) is 5.03. The molecule has 3 rings (SSSR count). The number of carbonyl (C=O) groups excluding carboxylic acids is 1. The van der Waals surface area contributed by atoms with Gasteiger partial charge in [-0.2, -0.15) is 0 Å². The van der Waals surface area contributed by atoms with Crippen LogP contribution in [0.3, 0.4) is 0 Å². The summed E-state index contributed by atoms with van der Waals surface area (Å²) in [7, 11) is 5.81. The Bertz CT molecular complexity index is 593. The number of benzene rings is 1. The molecule has 1 aliphatic carbocycles. The number of ether oxygens (including phenoxy) is 2. The summed E-state index contributed by atoms with van der Waals surface area (Å²) in [5, 5.41) is 0. The molecule has 2 atom stereocenters. The maximum Gasteiger partial charge on any atom is 0.257 e. The highest BCUT2D eigenvalue weighted by molar-refractivity contribution is 5.97. The molecule has 1 saturated heterocycles. The number of carbonyl (C=O) groups is 1. The molecule has 0 radical (unpaired) electrons. The van der Waals surface area contributed by atoms with Crippen molar-refractivity contribution in [2.45, 2.75) is 0 Å². The van der Waals surface area contributed by atoms with Crippen molar-refractivity contribution in [3.8, 4) is 11.5 Å². The number of nitrogens with zero attached hydrogens (tertiary/aromatic N) is 2. The number of methoxy groups -OCH3 is 1. The van der Waals surface area contributed by atoms with E-state index in [0.29, 0.717) is 42.0 Å². The van der Waals surface area contributed by atoms with Crippen LogP contribution in [0.25, 0.3) is 0 Å². The third kappa shape index (κ3) is 3.35. The highest BCUT2D eigenvalue weighted by Gasteiger charge is 2.56. The fourth-order valence-corrected chi connectivity index (χ4v) is 3.77. The standard InChI is InChI=1S/C18H27N3O3/c1-20(2)9-14-15-10-21(11-16(14)15)18(22)13-5-4-12(23-3)8-17(13)24-7-6-19/h4-5,8,14-16H,6-7,9-11,19H2,1-3H3. The van der Waals surface area contributed by atoms with Crippen molar-refractivity contribution in [1.82, 2.24) is 9.80 Å². The molecular weight excluding hydrogens is 306 g/mol. The average Bonchev–Trinajstić information content (AvgIpc) is 3.01. The molecule has 0 aromatic heterocycles. The maximum absolute atomic E-state index is 12.9. The number of amides is 1. The Labute approximate surface area is 143 Å². The molecule has 1 aliphatic heterocycles. The first-order chi connectivity index (χ1) is 11.5. The van der Waals surface area contributed by atoms with Gasteiger partial charge in [0.1, 0.15) is 18.1 Å². The van der Waals surface area contributed by atoms with Crippen LogP contribution in [0.4, 0.5) is 0 Å². The van der Waals surface area contributed by atoms with Crippen molar-refractivity contribution in [2.24, 2.45) is 23.5 Å². The zero-order valence-electron chi connectivity index (χ0n) is 14.7. The van der Waals surface area contributed by atoms with Crippen molar-refractivity contribution in [1.29, 1.82) is 0 Å². The predicted octanol–water partition coefficient (Wildman–Crippen LogP) is 0.912. The minimum absolute atomic E-state index is 0.0421.